The van der Waals surface area contributed by atoms with Crippen LogP contribution in [0.5, 0.6) is 0 Å². The molecule has 3 rings (SSSR count). The van der Waals surface area contributed by atoms with Crippen molar-refractivity contribution < 1.29 is 0 Å². The average molecular weight is 252 g/mol. The smallest absolute Gasteiger partial charge is 0.201 e. The number of imidazole rings is 1. The molecule has 0 bridgehead atoms. The van der Waals surface area contributed by atoms with Gasteiger partial charge in [0.2, 0.25) is 5.95 Å². The second-order valence-electron chi connectivity index (χ2n) is 4.58. The van der Waals surface area contributed by atoms with E-state index in [0.29, 0.717) is 0 Å². The molecular weight excluding hydrogens is 236 g/mol. The first kappa shape index (κ1) is 11.7. The number of nitrogens with zero attached hydrogens (tertiary/aromatic N) is 2. The Morgan fingerprint density at radius 2 is 2.11 bits per heavy atom. The quantitative estimate of drug-likeness (QED) is 0.750. The molecule has 0 aliphatic heterocycles. The first-order chi connectivity index (χ1) is 9.33. The third-order valence-electron chi connectivity index (χ3n) is 3.21. The molecule has 0 aliphatic rings. The summed E-state index contributed by atoms with van der Waals surface area (Å²) < 4.78 is 0. The summed E-state index contributed by atoms with van der Waals surface area (Å²) in [5.41, 5.74) is 4.60. The van der Waals surface area contributed by atoms with E-state index in [1.54, 1.807) is 0 Å². The zero-order chi connectivity index (χ0) is 13.1. The summed E-state index contributed by atoms with van der Waals surface area (Å²) in [7, 11) is 0. The number of benzene rings is 1. The lowest BCUT2D eigenvalue weighted by atomic mass is 10.1. The fourth-order valence-electron chi connectivity index (χ4n) is 2.13. The van der Waals surface area contributed by atoms with Gasteiger partial charge >= 0.3 is 0 Å². The summed E-state index contributed by atoms with van der Waals surface area (Å²) in [6.45, 7) is 2.94. The minimum atomic E-state index is 0.827. The zero-order valence-corrected chi connectivity index (χ0v) is 10.9. The molecule has 0 unspecified atom stereocenters. The molecule has 0 saturated carbocycles. The van der Waals surface area contributed by atoms with Crippen LogP contribution in [0, 0.1) is 6.92 Å². The van der Waals surface area contributed by atoms with Gasteiger partial charge in [-0.3, -0.25) is 4.98 Å². The Balaban J connectivity index is 1.65. The highest BCUT2D eigenvalue weighted by molar-refractivity contribution is 5.77. The predicted molar refractivity (Wildman–Crippen MR) is 77.3 cm³/mol. The Labute approximate surface area is 111 Å². The van der Waals surface area contributed by atoms with Crippen LogP contribution in [0.15, 0.2) is 42.7 Å². The first-order valence-corrected chi connectivity index (χ1v) is 6.41. The molecule has 2 aromatic heterocycles. The van der Waals surface area contributed by atoms with E-state index in [1.165, 1.54) is 11.1 Å². The Hall–Kier alpha value is -2.36. The molecule has 0 fully saturated rings. The molecule has 0 atom stereocenters. The third-order valence-corrected chi connectivity index (χ3v) is 3.21. The molecular formula is C15H16N4. The number of nitrogens with one attached hydrogen (secondary N) is 2. The highest BCUT2D eigenvalue weighted by atomic mass is 15.1. The largest absolute Gasteiger partial charge is 0.355 e. The summed E-state index contributed by atoms with van der Waals surface area (Å²) in [4.78, 5) is 11.9. The van der Waals surface area contributed by atoms with Crippen molar-refractivity contribution in [3.8, 4) is 0 Å². The van der Waals surface area contributed by atoms with Gasteiger partial charge in [-0.2, -0.15) is 0 Å². The second-order valence-corrected chi connectivity index (χ2v) is 4.58. The number of aromatic nitrogens is 3. The minimum absolute atomic E-state index is 0.827. The lowest BCUT2D eigenvalue weighted by Crippen LogP contribution is -2.07. The van der Waals surface area contributed by atoms with Crippen LogP contribution in [-0.4, -0.2) is 21.5 Å². The van der Waals surface area contributed by atoms with Crippen molar-refractivity contribution in [2.45, 2.75) is 13.3 Å². The SMILES string of the molecule is Cc1cnccc1CCNc1nc2ccccc2[nH]1. The van der Waals surface area contributed by atoms with Crippen LogP contribution in [0.3, 0.4) is 0 Å². The number of fused-ring (bicyclic) bond motifs is 1. The number of hydrogen-bond donors (Lipinski definition) is 2. The van der Waals surface area contributed by atoms with Crippen molar-refractivity contribution in [3.63, 3.8) is 0 Å². The van der Waals surface area contributed by atoms with E-state index in [9.17, 15) is 0 Å². The van der Waals surface area contributed by atoms with Crippen LogP contribution in [0.25, 0.3) is 11.0 Å². The van der Waals surface area contributed by atoms with Gasteiger partial charge in [0.15, 0.2) is 0 Å². The van der Waals surface area contributed by atoms with Crippen molar-refractivity contribution in [2.24, 2.45) is 0 Å². The summed E-state index contributed by atoms with van der Waals surface area (Å²) in [5, 5.41) is 3.32. The average Bonchev–Trinajstić information content (AvgIpc) is 2.83. The van der Waals surface area contributed by atoms with Crippen molar-refractivity contribution in [1.82, 2.24) is 15.0 Å². The summed E-state index contributed by atoms with van der Waals surface area (Å²) >= 11 is 0. The maximum Gasteiger partial charge on any atom is 0.201 e. The third kappa shape index (κ3) is 2.57. The molecule has 1 aromatic carbocycles. The summed E-state index contributed by atoms with van der Waals surface area (Å²) in [6, 6.07) is 10.1. The number of hydrogen-bond acceptors (Lipinski definition) is 3. The van der Waals surface area contributed by atoms with Crippen LogP contribution in [-0.2, 0) is 6.42 Å². The Morgan fingerprint density at radius 1 is 1.21 bits per heavy atom. The minimum Gasteiger partial charge on any atom is -0.355 e. The fourth-order valence-corrected chi connectivity index (χ4v) is 2.13. The molecule has 0 amide bonds. The lowest BCUT2D eigenvalue weighted by molar-refractivity contribution is 0.979. The molecule has 2 heterocycles. The van der Waals surface area contributed by atoms with Gasteiger partial charge in [0, 0.05) is 18.9 Å². The Morgan fingerprint density at radius 3 is 2.95 bits per heavy atom. The van der Waals surface area contributed by atoms with Gasteiger partial charge < -0.3 is 10.3 Å². The number of anilines is 1. The molecule has 4 nitrogen and oxygen atoms in total. The maximum atomic E-state index is 4.49. The Bertz CT molecular complexity index is 654. The standard InChI is InChI=1S/C15H16N4/c1-11-10-16-8-6-12(11)7-9-17-15-18-13-4-2-3-5-14(13)19-15/h2-6,8,10H,7,9H2,1H3,(H2,17,18,19). The van der Waals surface area contributed by atoms with Gasteiger partial charge in [-0.25, -0.2) is 4.98 Å². The normalized spacial score (nSPS) is 10.8. The monoisotopic (exact) mass is 252 g/mol. The highest BCUT2D eigenvalue weighted by Crippen LogP contribution is 2.13. The van der Waals surface area contributed by atoms with Crippen LogP contribution < -0.4 is 5.32 Å². The topological polar surface area (TPSA) is 53.6 Å². The second kappa shape index (κ2) is 5.10. The summed E-state index contributed by atoms with van der Waals surface area (Å²) in [5.74, 6) is 0.827. The van der Waals surface area contributed by atoms with E-state index in [4.69, 9.17) is 0 Å². The van der Waals surface area contributed by atoms with Crippen molar-refractivity contribution >= 4 is 17.0 Å². The molecule has 4 heteroatoms. The molecule has 0 saturated heterocycles. The van der Waals surface area contributed by atoms with E-state index in [2.05, 4.69) is 33.3 Å². The molecule has 0 radical (unpaired) electrons. The summed E-state index contributed by atoms with van der Waals surface area (Å²) in [6.07, 6.45) is 4.70. The number of aryl methyl sites for hydroxylation is 1. The van der Waals surface area contributed by atoms with Crippen molar-refractivity contribution in [1.29, 1.82) is 0 Å². The molecule has 0 spiro atoms. The van der Waals surface area contributed by atoms with Gasteiger partial charge in [0.1, 0.15) is 0 Å². The van der Waals surface area contributed by atoms with Crippen LogP contribution >= 0.6 is 0 Å². The van der Waals surface area contributed by atoms with Crippen LogP contribution in [0.1, 0.15) is 11.1 Å². The molecule has 19 heavy (non-hydrogen) atoms. The van der Waals surface area contributed by atoms with Gasteiger partial charge in [0.25, 0.3) is 0 Å². The number of rotatable bonds is 4. The number of para-hydroxylation sites is 2. The van der Waals surface area contributed by atoms with Crippen molar-refractivity contribution in [2.75, 3.05) is 11.9 Å². The van der Waals surface area contributed by atoms with Crippen LogP contribution in [0.2, 0.25) is 0 Å². The van der Waals surface area contributed by atoms with E-state index < -0.39 is 0 Å². The van der Waals surface area contributed by atoms with E-state index in [0.717, 1.165) is 29.9 Å². The lowest BCUT2D eigenvalue weighted by Gasteiger charge is -2.05. The van der Waals surface area contributed by atoms with E-state index >= 15 is 0 Å². The van der Waals surface area contributed by atoms with Gasteiger partial charge in [-0.05, 0) is 42.7 Å². The Kier molecular flexibility index (Phi) is 3.14. The molecule has 2 N–H and O–H groups in total. The predicted octanol–water partition coefficient (Wildman–Crippen LogP) is 2.92. The number of aromatic amines is 1. The number of H-pyrrole nitrogens is 1. The van der Waals surface area contributed by atoms with Gasteiger partial charge in [-0.1, -0.05) is 12.1 Å². The van der Waals surface area contributed by atoms with Crippen molar-refractivity contribution in [3.05, 3.63) is 53.9 Å². The fraction of sp³-hybridized carbons (Fsp3) is 0.200. The zero-order valence-electron chi connectivity index (χ0n) is 10.9. The molecule has 3 aromatic rings. The van der Waals surface area contributed by atoms with Crippen LogP contribution in [0.4, 0.5) is 5.95 Å². The highest BCUT2D eigenvalue weighted by Gasteiger charge is 2.01. The van der Waals surface area contributed by atoms with E-state index in [1.807, 2.05) is 36.7 Å². The maximum absolute atomic E-state index is 4.49. The number of pyridine rings is 1. The van der Waals surface area contributed by atoms with Gasteiger partial charge in [0.05, 0.1) is 11.0 Å². The van der Waals surface area contributed by atoms with E-state index in [-0.39, 0.29) is 0 Å². The molecule has 0 aliphatic carbocycles. The first-order valence-electron chi connectivity index (χ1n) is 6.41. The van der Waals surface area contributed by atoms with Gasteiger partial charge in [-0.15, -0.1) is 0 Å². The molecule has 96 valence electrons.